The first-order valence-electron chi connectivity index (χ1n) is 8.71. The van der Waals surface area contributed by atoms with E-state index in [0.29, 0.717) is 18.2 Å². The molecule has 5 nitrogen and oxygen atoms in total. The Bertz CT molecular complexity index is 367. The molecule has 2 aliphatic heterocycles. The summed E-state index contributed by atoms with van der Waals surface area (Å²) in [5.74, 6) is 0. The summed E-state index contributed by atoms with van der Waals surface area (Å²) in [5, 5.41) is 3.48. The third kappa shape index (κ3) is 5.43. The molecule has 2 saturated heterocycles. The number of rotatable bonds is 5. The molecule has 0 spiro atoms. The molecule has 5 heteroatoms. The highest BCUT2D eigenvalue weighted by Gasteiger charge is 2.31. The van der Waals surface area contributed by atoms with Gasteiger partial charge < -0.3 is 19.7 Å². The van der Waals surface area contributed by atoms with Crippen LogP contribution in [0.3, 0.4) is 0 Å². The highest BCUT2D eigenvalue weighted by Crippen LogP contribution is 2.23. The average Bonchev–Trinajstić information content (AvgIpc) is 3.01. The van der Waals surface area contributed by atoms with Crippen LogP contribution in [0.5, 0.6) is 0 Å². The molecule has 0 aliphatic carbocycles. The molecular formula is C17H32N2O3. The number of nitrogens with zero attached hydrogens (tertiary/aromatic N) is 1. The molecule has 22 heavy (non-hydrogen) atoms. The van der Waals surface area contributed by atoms with Gasteiger partial charge in [0.25, 0.3) is 0 Å². The van der Waals surface area contributed by atoms with Crippen LogP contribution < -0.4 is 5.32 Å². The molecule has 0 bridgehead atoms. The number of likely N-dealkylation sites (tertiary alicyclic amines) is 1. The van der Waals surface area contributed by atoms with Crippen molar-refractivity contribution in [3.05, 3.63) is 0 Å². The molecule has 3 atom stereocenters. The van der Waals surface area contributed by atoms with E-state index in [0.717, 1.165) is 45.3 Å². The maximum absolute atomic E-state index is 12.2. The first-order valence-corrected chi connectivity index (χ1v) is 8.71. The zero-order valence-corrected chi connectivity index (χ0v) is 14.6. The topological polar surface area (TPSA) is 50.8 Å². The maximum Gasteiger partial charge on any atom is 0.410 e. The molecule has 128 valence electrons. The summed E-state index contributed by atoms with van der Waals surface area (Å²) < 4.78 is 11.3. The molecular weight excluding hydrogens is 280 g/mol. The summed E-state index contributed by atoms with van der Waals surface area (Å²) in [5.41, 5.74) is -0.418. The Balaban J connectivity index is 1.67. The van der Waals surface area contributed by atoms with Gasteiger partial charge in [-0.2, -0.15) is 0 Å². The van der Waals surface area contributed by atoms with Crippen molar-refractivity contribution in [2.24, 2.45) is 0 Å². The number of hydrogen-bond acceptors (Lipinski definition) is 4. The van der Waals surface area contributed by atoms with Crippen molar-refractivity contribution in [1.29, 1.82) is 0 Å². The second-order valence-electron chi connectivity index (χ2n) is 7.61. The largest absolute Gasteiger partial charge is 0.444 e. The second-order valence-corrected chi connectivity index (χ2v) is 7.61. The Morgan fingerprint density at radius 3 is 2.73 bits per heavy atom. The lowest BCUT2D eigenvalue weighted by Gasteiger charge is -2.28. The van der Waals surface area contributed by atoms with Crippen LogP contribution in [0.15, 0.2) is 0 Å². The number of ether oxygens (including phenoxy) is 2. The summed E-state index contributed by atoms with van der Waals surface area (Å²) in [4.78, 5) is 14.1. The van der Waals surface area contributed by atoms with Gasteiger partial charge in [-0.15, -0.1) is 0 Å². The molecule has 2 heterocycles. The predicted octanol–water partition coefficient (Wildman–Crippen LogP) is 2.93. The summed E-state index contributed by atoms with van der Waals surface area (Å²) in [7, 11) is 0. The van der Waals surface area contributed by atoms with E-state index >= 15 is 0 Å². The molecule has 2 aliphatic rings. The Kier molecular flexibility index (Phi) is 6.09. The van der Waals surface area contributed by atoms with E-state index in [1.54, 1.807) is 0 Å². The predicted molar refractivity (Wildman–Crippen MR) is 87.0 cm³/mol. The molecule has 0 radical (unpaired) electrons. The minimum atomic E-state index is -0.418. The molecule has 2 fully saturated rings. The van der Waals surface area contributed by atoms with Crippen molar-refractivity contribution in [3.8, 4) is 0 Å². The molecule has 0 aromatic rings. The van der Waals surface area contributed by atoms with Crippen LogP contribution >= 0.6 is 0 Å². The standard InChI is InChI=1S/C17H32N2O3/c1-13-7-8-15(21-13)12-18-10-9-14-6-5-11-19(14)16(20)22-17(2,3)4/h13-15,18H,5-12H2,1-4H3. The van der Waals surface area contributed by atoms with E-state index in [9.17, 15) is 4.79 Å². The van der Waals surface area contributed by atoms with Crippen molar-refractivity contribution in [2.75, 3.05) is 19.6 Å². The maximum atomic E-state index is 12.2. The Morgan fingerprint density at radius 2 is 2.09 bits per heavy atom. The van der Waals surface area contributed by atoms with Gasteiger partial charge in [-0.3, -0.25) is 0 Å². The Hall–Kier alpha value is -0.810. The van der Waals surface area contributed by atoms with Crippen LogP contribution in [0.1, 0.15) is 59.8 Å². The number of nitrogens with one attached hydrogen (secondary N) is 1. The fraction of sp³-hybridized carbons (Fsp3) is 0.941. The van der Waals surface area contributed by atoms with Gasteiger partial charge in [-0.25, -0.2) is 4.79 Å². The Morgan fingerprint density at radius 1 is 1.32 bits per heavy atom. The summed E-state index contributed by atoms with van der Waals surface area (Å²) in [6, 6.07) is 0.311. The molecule has 1 N–H and O–H groups in total. The van der Waals surface area contributed by atoms with E-state index in [1.807, 2.05) is 25.7 Å². The van der Waals surface area contributed by atoms with Crippen LogP contribution in [-0.2, 0) is 9.47 Å². The number of hydrogen-bond donors (Lipinski definition) is 1. The number of carbonyl (C=O) groups is 1. The van der Waals surface area contributed by atoms with Crippen LogP contribution in [-0.4, -0.2) is 54.5 Å². The SMILES string of the molecule is CC1CCC(CNCCC2CCCN2C(=O)OC(C)(C)C)O1. The second kappa shape index (κ2) is 7.64. The van der Waals surface area contributed by atoms with Crippen molar-refractivity contribution < 1.29 is 14.3 Å². The van der Waals surface area contributed by atoms with Gasteiger partial charge in [0.05, 0.1) is 12.2 Å². The molecule has 0 aromatic carbocycles. The summed E-state index contributed by atoms with van der Waals surface area (Å²) in [6.07, 6.45) is 6.07. The molecule has 1 amide bonds. The normalized spacial score (nSPS) is 29.1. The van der Waals surface area contributed by atoms with Crippen LogP contribution in [0.2, 0.25) is 0 Å². The van der Waals surface area contributed by atoms with Gasteiger partial charge in [-0.1, -0.05) is 0 Å². The van der Waals surface area contributed by atoms with Crippen molar-refractivity contribution >= 4 is 6.09 Å². The fourth-order valence-corrected chi connectivity index (χ4v) is 3.26. The average molecular weight is 312 g/mol. The van der Waals surface area contributed by atoms with E-state index < -0.39 is 5.60 Å². The van der Waals surface area contributed by atoms with Crippen LogP contribution in [0.4, 0.5) is 4.79 Å². The third-order valence-electron chi connectivity index (χ3n) is 4.35. The van der Waals surface area contributed by atoms with Crippen molar-refractivity contribution in [3.63, 3.8) is 0 Å². The minimum Gasteiger partial charge on any atom is -0.444 e. The van der Waals surface area contributed by atoms with Crippen molar-refractivity contribution in [2.45, 2.75) is 83.6 Å². The van der Waals surface area contributed by atoms with Gasteiger partial charge >= 0.3 is 6.09 Å². The third-order valence-corrected chi connectivity index (χ3v) is 4.35. The van der Waals surface area contributed by atoms with Gasteiger partial charge in [0.2, 0.25) is 0 Å². The van der Waals surface area contributed by atoms with Crippen LogP contribution in [0.25, 0.3) is 0 Å². The fourth-order valence-electron chi connectivity index (χ4n) is 3.26. The summed E-state index contributed by atoms with van der Waals surface area (Å²) >= 11 is 0. The lowest BCUT2D eigenvalue weighted by Crippen LogP contribution is -2.41. The smallest absolute Gasteiger partial charge is 0.410 e. The Labute approximate surface area is 134 Å². The quantitative estimate of drug-likeness (QED) is 0.793. The minimum absolute atomic E-state index is 0.164. The summed E-state index contributed by atoms with van der Waals surface area (Å²) in [6.45, 7) is 10.6. The number of carbonyl (C=O) groups excluding carboxylic acids is 1. The monoisotopic (exact) mass is 312 g/mol. The lowest BCUT2D eigenvalue weighted by atomic mass is 10.1. The molecule has 0 aromatic heterocycles. The highest BCUT2D eigenvalue weighted by molar-refractivity contribution is 5.68. The van der Waals surface area contributed by atoms with E-state index in [1.165, 1.54) is 6.42 Å². The van der Waals surface area contributed by atoms with Gasteiger partial charge in [-0.05, 0) is 66.3 Å². The van der Waals surface area contributed by atoms with Gasteiger partial charge in [0, 0.05) is 19.1 Å². The molecule has 2 rings (SSSR count). The van der Waals surface area contributed by atoms with E-state index in [-0.39, 0.29) is 6.09 Å². The zero-order chi connectivity index (χ0) is 16.2. The molecule has 0 saturated carbocycles. The van der Waals surface area contributed by atoms with Crippen molar-refractivity contribution in [1.82, 2.24) is 10.2 Å². The first-order chi connectivity index (χ1) is 10.3. The van der Waals surface area contributed by atoms with E-state index in [2.05, 4.69) is 12.2 Å². The molecule has 3 unspecified atom stereocenters. The van der Waals surface area contributed by atoms with Crippen LogP contribution in [0, 0.1) is 0 Å². The zero-order valence-electron chi connectivity index (χ0n) is 14.6. The van der Waals surface area contributed by atoms with E-state index in [4.69, 9.17) is 9.47 Å². The highest BCUT2D eigenvalue weighted by atomic mass is 16.6. The lowest BCUT2D eigenvalue weighted by molar-refractivity contribution is 0.0218. The van der Waals surface area contributed by atoms with Gasteiger partial charge in [0.1, 0.15) is 5.60 Å². The number of amides is 1. The van der Waals surface area contributed by atoms with Gasteiger partial charge in [0.15, 0.2) is 0 Å². The first kappa shape index (κ1) is 17.5.